The van der Waals surface area contributed by atoms with Crippen LogP contribution in [-0.2, 0) is 0 Å². The molecular weight excluding hydrogens is 126 g/mol. The summed E-state index contributed by atoms with van der Waals surface area (Å²) in [6, 6.07) is 3.58. The van der Waals surface area contributed by atoms with Gasteiger partial charge in [0.15, 0.2) is 0 Å². The van der Waals surface area contributed by atoms with Crippen molar-refractivity contribution in [3.8, 4) is 0 Å². The third-order valence-corrected chi connectivity index (χ3v) is 1.19. The van der Waals surface area contributed by atoms with E-state index < -0.39 is 0 Å². The second-order valence-corrected chi connectivity index (χ2v) is 1.95. The summed E-state index contributed by atoms with van der Waals surface area (Å²) < 4.78 is 0. The van der Waals surface area contributed by atoms with Crippen LogP contribution in [0.3, 0.4) is 0 Å². The van der Waals surface area contributed by atoms with Gasteiger partial charge >= 0.3 is 0 Å². The quantitative estimate of drug-likeness (QED) is 0.620. The van der Waals surface area contributed by atoms with E-state index in [1.807, 2.05) is 13.0 Å². The van der Waals surface area contributed by atoms with Gasteiger partial charge in [0.1, 0.15) is 0 Å². The van der Waals surface area contributed by atoms with Crippen LogP contribution in [0.25, 0.3) is 6.08 Å². The highest BCUT2D eigenvalue weighted by Gasteiger charge is 1.88. The predicted octanol–water partition coefficient (Wildman–Crippen LogP) is 1.41. The summed E-state index contributed by atoms with van der Waals surface area (Å²) in [5.74, 6) is 0. The maximum Gasteiger partial charge on any atom is 0.255 e. The van der Waals surface area contributed by atoms with Crippen LogP contribution in [0.5, 0.6) is 0 Å². The molecule has 1 heterocycles. The first-order valence-electron chi connectivity index (χ1n) is 3.15. The molecule has 0 radical (unpaired) electrons. The molecule has 0 aliphatic heterocycles. The predicted molar refractivity (Wildman–Crippen MR) is 41.8 cm³/mol. The molecule has 1 rings (SSSR count). The lowest BCUT2D eigenvalue weighted by atomic mass is 10.2. The third kappa shape index (κ3) is 1.35. The molecule has 0 spiro atoms. The summed E-state index contributed by atoms with van der Waals surface area (Å²) in [7, 11) is 0. The van der Waals surface area contributed by atoms with Crippen LogP contribution in [0.1, 0.15) is 12.5 Å². The van der Waals surface area contributed by atoms with E-state index in [2.05, 4.69) is 4.98 Å². The Morgan fingerprint density at radius 3 is 3.00 bits per heavy atom. The summed E-state index contributed by atoms with van der Waals surface area (Å²) >= 11 is 0. The molecule has 52 valence electrons. The molecule has 2 heteroatoms. The van der Waals surface area contributed by atoms with Crippen molar-refractivity contribution in [3.63, 3.8) is 0 Å². The first-order chi connectivity index (χ1) is 4.84. The molecule has 0 atom stereocenters. The van der Waals surface area contributed by atoms with Gasteiger partial charge in [-0.05, 0) is 19.1 Å². The highest BCUT2D eigenvalue weighted by molar-refractivity contribution is 5.46. The first-order valence-corrected chi connectivity index (χ1v) is 3.15. The monoisotopic (exact) mass is 135 g/mol. The van der Waals surface area contributed by atoms with Crippen LogP contribution < -0.4 is 5.56 Å². The fraction of sp³-hybridized carbons (Fsp3) is 0.125. The molecule has 0 fully saturated rings. The van der Waals surface area contributed by atoms with Crippen molar-refractivity contribution in [2.24, 2.45) is 0 Å². The Balaban J connectivity index is 3.16. The Kier molecular flexibility index (Phi) is 2.05. The SMILES string of the molecule is CC=Cc1ccc[nH]c1=O. The first kappa shape index (κ1) is 6.81. The Labute approximate surface area is 59.2 Å². The van der Waals surface area contributed by atoms with Crippen LogP contribution in [-0.4, -0.2) is 4.98 Å². The van der Waals surface area contributed by atoms with Gasteiger partial charge in [0, 0.05) is 11.8 Å². The lowest BCUT2D eigenvalue weighted by molar-refractivity contribution is 1.23. The van der Waals surface area contributed by atoms with Crippen molar-refractivity contribution in [1.82, 2.24) is 4.98 Å². The number of aromatic amines is 1. The van der Waals surface area contributed by atoms with Gasteiger partial charge in [0.2, 0.25) is 0 Å². The van der Waals surface area contributed by atoms with Crippen molar-refractivity contribution < 1.29 is 0 Å². The molecule has 0 saturated carbocycles. The second kappa shape index (κ2) is 3.01. The number of aromatic nitrogens is 1. The molecule has 1 aromatic heterocycles. The standard InChI is InChI=1S/C8H9NO/c1-2-4-7-5-3-6-9-8(7)10/h2-6H,1H3,(H,9,10). The number of H-pyrrole nitrogens is 1. The van der Waals surface area contributed by atoms with Crippen molar-refractivity contribution in [2.75, 3.05) is 0 Å². The number of pyridine rings is 1. The maximum absolute atomic E-state index is 10.9. The zero-order chi connectivity index (χ0) is 7.40. The van der Waals surface area contributed by atoms with Crippen LogP contribution in [0.2, 0.25) is 0 Å². The fourth-order valence-corrected chi connectivity index (χ4v) is 0.745. The maximum atomic E-state index is 10.9. The minimum absolute atomic E-state index is 0.0411. The number of nitrogens with one attached hydrogen (secondary N) is 1. The lowest BCUT2D eigenvalue weighted by Crippen LogP contribution is -2.06. The van der Waals surface area contributed by atoms with Crippen LogP contribution in [0.4, 0.5) is 0 Å². The van der Waals surface area contributed by atoms with Gasteiger partial charge in [-0.1, -0.05) is 12.2 Å². The Morgan fingerprint density at radius 1 is 1.60 bits per heavy atom. The molecule has 0 bridgehead atoms. The summed E-state index contributed by atoms with van der Waals surface area (Å²) in [5.41, 5.74) is 0.658. The minimum atomic E-state index is -0.0411. The van der Waals surface area contributed by atoms with Gasteiger partial charge in [-0.15, -0.1) is 0 Å². The smallest absolute Gasteiger partial charge is 0.255 e. The normalized spacial score (nSPS) is 10.5. The van der Waals surface area contributed by atoms with Crippen LogP contribution >= 0.6 is 0 Å². The molecule has 1 aromatic rings. The van der Waals surface area contributed by atoms with E-state index in [0.29, 0.717) is 5.56 Å². The molecular formula is C8H9NO. The topological polar surface area (TPSA) is 32.9 Å². The second-order valence-electron chi connectivity index (χ2n) is 1.95. The van der Waals surface area contributed by atoms with Gasteiger partial charge in [-0.3, -0.25) is 4.79 Å². The van der Waals surface area contributed by atoms with Crippen molar-refractivity contribution in [2.45, 2.75) is 6.92 Å². The number of hydrogen-bond acceptors (Lipinski definition) is 1. The average molecular weight is 135 g/mol. The molecule has 0 unspecified atom stereocenters. The Hall–Kier alpha value is -1.31. The van der Waals surface area contributed by atoms with Crippen LogP contribution in [0.15, 0.2) is 29.2 Å². The average Bonchev–Trinajstić information content (AvgIpc) is 1.94. The Morgan fingerprint density at radius 2 is 2.40 bits per heavy atom. The molecule has 0 aromatic carbocycles. The van der Waals surface area contributed by atoms with Crippen molar-refractivity contribution >= 4 is 6.08 Å². The molecule has 0 aliphatic rings. The lowest BCUT2D eigenvalue weighted by Gasteiger charge is -1.87. The van der Waals surface area contributed by atoms with E-state index in [9.17, 15) is 4.79 Å². The minimum Gasteiger partial charge on any atom is -0.329 e. The zero-order valence-corrected chi connectivity index (χ0v) is 5.79. The van der Waals surface area contributed by atoms with Gasteiger partial charge in [0.05, 0.1) is 0 Å². The van der Waals surface area contributed by atoms with E-state index in [1.54, 1.807) is 24.4 Å². The number of hydrogen-bond donors (Lipinski definition) is 1. The third-order valence-electron chi connectivity index (χ3n) is 1.19. The van der Waals surface area contributed by atoms with E-state index in [4.69, 9.17) is 0 Å². The molecule has 0 saturated heterocycles. The van der Waals surface area contributed by atoms with E-state index in [1.165, 1.54) is 0 Å². The summed E-state index contributed by atoms with van der Waals surface area (Å²) in [5, 5.41) is 0. The highest BCUT2D eigenvalue weighted by Crippen LogP contribution is 1.90. The summed E-state index contributed by atoms with van der Waals surface area (Å²) in [4.78, 5) is 13.5. The van der Waals surface area contributed by atoms with E-state index in [0.717, 1.165) is 0 Å². The van der Waals surface area contributed by atoms with E-state index in [-0.39, 0.29) is 5.56 Å². The van der Waals surface area contributed by atoms with E-state index >= 15 is 0 Å². The van der Waals surface area contributed by atoms with Crippen molar-refractivity contribution in [3.05, 3.63) is 40.3 Å². The summed E-state index contributed by atoms with van der Waals surface area (Å²) in [6.07, 6.45) is 5.23. The largest absolute Gasteiger partial charge is 0.329 e. The van der Waals surface area contributed by atoms with Gasteiger partial charge in [0.25, 0.3) is 5.56 Å². The van der Waals surface area contributed by atoms with Gasteiger partial charge < -0.3 is 4.98 Å². The highest BCUT2D eigenvalue weighted by atomic mass is 16.1. The Bertz CT molecular complexity index is 285. The number of allylic oxidation sites excluding steroid dienone is 1. The number of rotatable bonds is 1. The zero-order valence-electron chi connectivity index (χ0n) is 5.79. The van der Waals surface area contributed by atoms with Gasteiger partial charge in [-0.2, -0.15) is 0 Å². The fourth-order valence-electron chi connectivity index (χ4n) is 0.745. The molecule has 0 amide bonds. The molecule has 1 N–H and O–H groups in total. The van der Waals surface area contributed by atoms with Crippen LogP contribution in [0, 0.1) is 0 Å². The van der Waals surface area contributed by atoms with Gasteiger partial charge in [-0.25, -0.2) is 0 Å². The molecule has 0 aliphatic carbocycles. The molecule has 2 nitrogen and oxygen atoms in total. The van der Waals surface area contributed by atoms with Crippen molar-refractivity contribution in [1.29, 1.82) is 0 Å². The summed E-state index contributed by atoms with van der Waals surface area (Å²) in [6.45, 7) is 1.88. The molecule has 10 heavy (non-hydrogen) atoms.